The lowest BCUT2D eigenvalue weighted by Gasteiger charge is -2.25. The van der Waals surface area contributed by atoms with Crippen molar-refractivity contribution in [2.24, 2.45) is 0 Å². The molecule has 5 rings (SSSR count). The zero-order chi connectivity index (χ0) is 25.4. The summed E-state index contributed by atoms with van der Waals surface area (Å²) in [6.45, 7) is 6.68. The number of carbonyl (C=O) groups is 1. The van der Waals surface area contributed by atoms with E-state index in [4.69, 9.17) is 18.3 Å². The summed E-state index contributed by atoms with van der Waals surface area (Å²) >= 11 is 0. The van der Waals surface area contributed by atoms with Gasteiger partial charge in [0.1, 0.15) is 11.3 Å². The van der Waals surface area contributed by atoms with E-state index >= 15 is 0 Å². The molecule has 0 bridgehead atoms. The number of ether oxygens (including phenoxy) is 2. The van der Waals surface area contributed by atoms with Crippen molar-refractivity contribution in [1.29, 1.82) is 0 Å². The molecule has 2 aromatic heterocycles. The number of aryl methyl sites for hydroxylation is 2. The van der Waals surface area contributed by atoms with Crippen LogP contribution in [0.15, 0.2) is 62.4 Å². The zero-order valence-corrected chi connectivity index (χ0v) is 20.9. The van der Waals surface area contributed by atoms with Gasteiger partial charge < -0.3 is 23.2 Å². The number of amides is 1. The van der Waals surface area contributed by atoms with Crippen molar-refractivity contribution in [3.05, 3.63) is 92.7 Å². The Morgan fingerprint density at radius 1 is 1.06 bits per heavy atom. The molecule has 3 heterocycles. The second kappa shape index (κ2) is 9.57. The Kier molecular flexibility index (Phi) is 6.31. The number of hydrogen-bond donors (Lipinski definition) is 0. The van der Waals surface area contributed by atoms with E-state index in [0.717, 1.165) is 29.5 Å². The van der Waals surface area contributed by atoms with Crippen LogP contribution in [0.4, 0.5) is 0 Å². The Morgan fingerprint density at radius 2 is 1.89 bits per heavy atom. The minimum atomic E-state index is -0.669. The van der Waals surface area contributed by atoms with E-state index in [1.807, 2.05) is 44.2 Å². The predicted octanol–water partition coefficient (Wildman–Crippen LogP) is 5.94. The highest BCUT2D eigenvalue weighted by molar-refractivity contribution is 5.99. The molecule has 186 valence electrons. The van der Waals surface area contributed by atoms with Crippen molar-refractivity contribution in [3.8, 4) is 11.5 Å². The smallest absolute Gasteiger partial charge is 0.291 e. The summed E-state index contributed by atoms with van der Waals surface area (Å²) in [7, 11) is 1.58. The number of carbonyl (C=O) groups excluding carboxylic acids is 1. The third kappa shape index (κ3) is 4.04. The van der Waals surface area contributed by atoms with Gasteiger partial charge in [0.2, 0.25) is 5.76 Å². The number of methoxy groups -OCH3 is 1. The predicted molar refractivity (Wildman–Crippen MR) is 136 cm³/mol. The fraction of sp³-hybridized carbons (Fsp3) is 0.310. The van der Waals surface area contributed by atoms with E-state index in [1.54, 1.807) is 30.4 Å². The van der Waals surface area contributed by atoms with Gasteiger partial charge in [-0.05, 0) is 67.3 Å². The summed E-state index contributed by atoms with van der Waals surface area (Å²) in [5, 5.41) is 0.468. The third-order valence-electron chi connectivity index (χ3n) is 6.56. The minimum Gasteiger partial charge on any atom is -0.493 e. The highest BCUT2D eigenvalue weighted by atomic mass is 16.5. The van der Waals surface area contributed by atoms with E-state index in [9.17, 15) is 9.59 Å². The van der Waals surface area contributed by atoms with Crippen molar-refractivity contribution in [3.63, 3.8) is 0 Å². The first-order chi connectivity index (χ1) is 17.4. The number of benzene rings is 2. The molecule has 0 fully saturated rings. The number of rotatable bonds is 8. The van der Waals surface area contributed by atoms with Crippen LogP contribution < -0.4 is 14.9 Å². The van der Waals surface area contributed by atoms with Gasteiger partial charge in [-0.2, -0.15) is 0 Å². The molecule has 1 atom stereocenters. The quantitative estimate of drug-likeness (QED) is 0.286. The second-order valence-electron chi connectivity index (χ2n) is 9.16. The largest absolute Gasteiger partial charge is 0.493 e. The van der Waals surface area contributed by atoms with Crippen LogP contribution in [0.5, 0.6) is 11.5 Å². The SMILES string of the molecule is CCCCOc1ccc(C2c3c(oc4c(C)cc(C)cc4c3=O)C(=O)N2Cc2ccco2)cc1OC. The average molecular weight is 488 g/mol. The maximum Gasteiger partial charge on any atom is 0.291 e. The minimum absolute atomic E-state index is 0.0678. The normalized spacial score (nSPS) is 14.9. The molecule has 0 aliphatic carbocycles. The van der Waals surface area contributed by atoms with Gasteiger partial charge in [0.25, 0.3) is 5.91 Å². The van der Waals surface area contributed by atoms with Crippen LogP contribution in [0.1, 0.15) is 64.4 Å². The zero-order valence-electron chi connectivity index (χ0n) is 20.9. The van der Waals surface area contributed by atoms with E-state index in [0.29, 0.717) is 40.4 Å². The molecule has 2 aromatic carbocycles. The van der Waals surface area contributed by atoms with Crippen LogP contribution in [0.3, 0.4) is 0 Å². The number of nitrogens with zero attached hydrogens (tertiary/aromatic N) is 1. The van der Waals surface area contributed by atoms with Gasteiger partial charge >= 0.3 is 0 Å². The van der Waals surface area contributed by atoms with Gasteiger partial charge in [-0.15, -0.1) is 0 Å². The molecule has 36 heavy (non-hydrogen) atoms. The van der Waals surface area contributed by atoms with E-state index in [2.05, 4.69) is 6.92 Å². The molecule has 7 nitrogen and oxygen atoms in total. The topological polar surface area (TPSA) is 82.1 Å². The monoisotopic (exact) mass is 487 g/mol. The lowest BCUT2D eigenvalue weighted by Crippen LogP contribution is -2.29. The highest BCUT2D eigenvalue weighted by Gasteiger charge is 2.43. The van der Waals surface area contributed by atoms with Crippen molar-refractivity contribution in [2.75, 3.05) is 13.7 Å². The molecular formula is C29H29NO6. The molecule has 1 aliphatic heterocycles. The maximum absolute atomic E-state index is 13.9. The molecule has 0 radical (unpaired) electrons. The van der Waals surface area contributed by atoms with Crippen molar-refractivity contribution >= 4 is 16.9 Å². The Hall–Kier alpha value is -4.00. The molecule has 1 amide bonds. The van der Waals surface area contributed by atoms with Crippen molar-refractivity contribution in [1.82, 2.24) is 4.90 Å². The lowest BCUT2D eigenvalue weighted by molar-refractivity contribution is 0.0701. The fourth-order valence-electron chi connectivity index (χ4n) is 4.85. The summed E-state index contributed by atoms with van der Waals surface area (Å²) < 4.78 is 23.2. The van der Waals surface area contributed by atoms with Gasteiger partial charge in [-0.1, -0.05) is 25.5 Å². The molecule has 0 saturated heterocycles. The third-order valence-corrected chi connectivity index (χ3v) is 6.56. The number of furan rings is 1. The van der Waals surface area contributed by atoms with E-state index in [-0.39, 0.29) is 23.6 Å². The number of unbranched alkanes of at least 4 members (excludes halogenated alkanes) is 1. The van der Waals surface area contributed by atoms with E-state index < -0.39 is 6.04 Å². The van der Waals surface area contributed by atoms with Crippen LogP contribution in [-0.2, 0) is 6.54 Å². The first-order valence-corrected chi connectivity index (χ1v) is 12.1. The summed E-state index contributed by atoms with van der Waals surface area (Å²) in [5.41, 5.74) is 3.05. The molecule has 0 N–H and O–H groups in total. The van der Waals surface area contributed by atoms with Gasteiger partial charge in [0.15, 0.2) is 16.9 Å². The summed E-state index contributed by atoms with van der Waals surface area (Å²) in [5.74, 6) is 1.48. The van der Waals surface area contributed by atoms with Crippen LogP contribution in [-0.4, -0.2) is 24.5 Å². The fourth-order valence-corrected chi connectivity index (χ4v) is 4.85. The lowest BCUT2D eigenvalue weighted by atomic mass is 9.97. The number of fused-ring (bicyclic) bond motifs is 2. The molecule has 0 spiro atoms. The van der Waals surface area contributed by atoms with Crippen LogP contribution >= 0.6 is 0 Å². The Labute approximate surface area is 209 Å². The first-order valence-electron chi connectivity index (χ1n) is 12.1. The average Bonchev–Trinajstić information content (AvgIpc) is 3.47. The van der Waals surface area contributed by atoms with Gasteiger partial charge in [-0.25, -0.2) is 0 Å². The van der Waals surface area contributed by atoms with E-state index in [1.165, 1.54) is 0 Å². The van der Waals surface area contributed by atoms with Gasteiger partial charge in [-0.3, -0.25) is 9.59 Å². The Bertz CT molecular complexity index is 1480. The van der Waals surface area contributed by atoms with Crippen LogP contribution in [0, 0.1) is 13.8 Å². The van der Waals surface area contributed by atoms with Crippen LogP contribution in [0.25, 0.3) is 11.0 Å². The van der Waals surface area contributed by atoms with Gasteiger partial charge in [0, 0.05) is 0 Å². The summed E-state index contributed by atoms with van der Waals surface area (Å²) in [6, 6.07) is 12.2. The Morgan fingerprint density at radius 3 is 2.61 bits per heavy atom. The van der Waals surface area contributed by atoms with Crippen molar-refractivity contribution < 1.29 is 23.1 Å². The molecular weight excluding hydrogens is 458 g/mol. The molecule has 4 aromatic rings. The van der Waals surface area contributed by atoms with Gasteiger partial charge in [0.05, 0.1) is 43.5 Å². The second-order valence-corrected chi connectivity index (χ2v) is 9.16. The summed E-state index contributed by atoms with van der Waals surface area (Å²) in [4.78, 5) is 29.2. The van der Waals surface area contributed by atoms with Crippen molar-refractivity contribution in [2.45, 2.75) is 46.2 Å². The molecule has 0 saturated carbocycles. The summed E-state index contributed by atoms with van der Waals surface area (Å²) in [6.07, 6.45) is 3.51. The molecule has 1 aliphatic rings. The molecule has 1 unspecified atom stereocenters. The highest BCUT2D eigenvalue weighted by Crippen LogP contribution is 2.42. The standard InChI is InChI=1S/C29H29NO6/c1-5-6-11-35-22-10-9-19(15-23(22)33-4)25-24-26(31)21-14-17(2)13-18(3)27(21)36-28(24)29(32)30(25)16-20-8-7-12-34-20/h7-10,12-15,25H,5-6,11,16H2,1-4H3. The molecule has 7 heteroatoms. The maximum atomic E-state index is 13.9. The van der Waals surface area contributed by atoms with Crippen LogP contribution in [0.2, 0.25) is 0 Å². The first kappa shape index (κ1) is 23.7. The number of hydrogen-bond acceptors (Lipinski definition) is 6. The Balaban J connectivity index is 1.68.